The van der Waals surface area contributed by atoms with Crippen molar-refractivity contribution in [3.05, 3.63) is 76.3 Å². The highest BCUT2D eigenvalue weighted by atomic mass is 32.1. The van der Waals surface area contributed by atoms with E-state index in [1.54, 1.807) is 5.51 Å². The molecule has 26 heavy (non-hydrogen) atoms. The predicted molar refractivity (Wildman–Crippen MR) is 99.8 cm³/mol. The first-order chi connectivity index (χ1) is 12.6. The maximum atomic E-state index is 13.2. The molecule has 2 aromatic carbocycles. The molecule has 0 aliphatic heterocycles. The number of carbonyl (C=O) groups is 1. The molecule has 3 aromatic rings. The highest BCUT2D eigenvalue weighted by molar-refractivity contribution is 7.13. The Morgan fingerprint density at radius 2 is 2.12 bits per heavy atom. The molecule has 5 nitrogen and oxygen atoms in total. The Balaban J connectivity index is 1.81. The van der Waals surface area contributed by atoms with Crippen LogP contribution in [0.4, 0.5) is 5.13 Å². The lowest BCUT2D eigenvalue weighted by Crippen LogP contribution is -2.37. The van der Waals surface area contributed by atoms with Crippen LogP contribution in [-0.2, 0) is 11.2 Å². The first-order valence-corrected chi connectivity index (χ1v) is 9.15. The van der Waals surface area contributed by atoms with E-state index in [-0.39, 0.29) is 11.8 Å². The Hall–Kier alpha value is -3.04. The molecule has 0 fully saturated rings. The number of amides is 1. The quantitative estimate of drug-likeness (QED) is 0.772. The van der Waals surface area contributed by atoms with Crippen LogP contribution < -0.4 is 5.32 Å². The van der Waals surface area contributed by atoms with Crippen LogP contribution in [0.1, 0.15) is 35.1 Å². The normalized spacial score (nSPS) is 21.0. The summed E-state index contributed by atoms with van der Waals surface area (Å²) in [4.78, 5) is 13.2. The summed E-state index contributed by atoms with van der Waals surface area (Å²) in [7, 11) is 0. The SMILES string of the molecule is C[C@]1(C(=O)Nc2nncs2)Cc2ccc(C#N)cc2[C@H]1c1ccccc1. The van der Waals surface area contributed by atoms with Gasteiger partial charge in [0.15, 0.2) is 0 Å². The standard InChI is InChI=1S/C20H16N4OS/c1-20(18(25)23-19-24-22-12-26-19)10-15-8-7-13(11-21)9-16(15)17(20)14-5-3-2-4-6-14/h2-9,12,17H,10H2,1H3,(H,23,24,25)/t17-,20+/m1/s1. The Morgan fingerprint density at radius 3 is 2.81 bits per heavy atom. The van der Waals surface area contributed by atoms with Gasteiger partial charge in [-0.25, -0.2) is 0 Å². The van der Waals surface area contributed by atoms with Gasteiger partial charge in [-0.15, -0.1) is 10.2 Å². The molecule has 4 rings (SSSR count). The van der Waals surface area contributed by atoms with Crippen molar-refractivity contribution < 1.29 is 4.79 Å². The fourth-order valence-electron chi connectivity index (χ4n) is 3.81. The summed E-state index contributed by atoms with van der Waals surface area (Å²) < 4.78 is 0. The van der Waals surface area contributed by atoms with E-state index in [9.17, 15) is 10.1 Å². The number of hydrogen-bond donors (Lipinski definition) is 1. The third-order valence-electron chi connectivity index (χ3n) is 5.01. The number of fused-ring (bicyclic) bond motifs is 1. The monoisotopic (exact) mass is 360 g/mol. The molecule has 0 unspecified atom stereocenters. The lowest BCUT2D eigenvalue weighted by Gasteiger charge is -2.30. The second-order valence-corrected chi connectivity index (χ2v) is 7.49. The zero-order chi connectivity index (χ0) is 18.1. The largest absolute Gasteiger partial charge is 0.300 e. The predicted octanol–water partition coefficient (Wildman–Crippen LogP) is 3.74. The van der Waals surface area contributed by atoms with Gasteiger partial charge in [0, 0.05) is 5.92 Å². The number of hydrogen-bond acceptors (Lipinski definition) is 5. The first kappa shape index (κ1) is 16.4. The molecule has 1 N–H and O–H groups in total. The first-order valence-electron chi connectivity index (χ1n) is 8.27. The molecule has 0 radical (unpaired) electrons. The molecule has 128 valence electrons. The summed E-state index contributed by atoms with van der Waals surface area (Å²) in [6, 6.07) is 17.9. The lowest BCUT2D eigenvalue weighted by atomic mass is 9.73. The number of rotatable bonds is 3. The van der Waals surface area contributed by atoms with Crippen LogP contribution in [0, 0.1) is 16.7 Å². The van der Waals surface area contributed by atoms with Crippen LogP contribution in [0.15, 0.2) is 54.0 Å². The van der Waals surface area contributed by atoms with Gasteiger partial charge in [-0.1, -0.05) is 47.7 Å². The van der Waals surface area contributed by atoms with Crippen molar-refractivity contribution in [2.24, 2.45) is 5.41 Å². The zero-order valence-corrected chi connectivity index (χ0v) is 15.0. The molecule has 1 amide bonds. The van der Waals surface area contributed by atoms with Gasteiger partial charge in [-0.05, 0) is 42.2 Å². The van der Waals surface area contributed by atoms with Crippen molar-refractivity contribution in [2.45, 2.75) is 19.3 Å². The van der Waals surface area contributed by atoms with E-state index in [2.05, 4.69) is 21.6 Å². The van der Waals surface area contributed by atoms with Crippen molar-refractivity contribution >= 4 is 22.4 Å². The maximum Gasteiger partial charge on any atom is 0.233 e. The van der Waals surface area contributed by atoms with Gasteiger partial charge in [0.2, 0.25) is 11.0 Å². The van der Waals surface area contributed by atoms with E-state index >= 15 is 0 Å². The number of anilines is 1. The van der Waals surface area contributed by atoms with Crippen molar-refractivity contribution in [1.82, 2.24) is 10.2 Å². The van der Waals surface area contributed by atoms with Crippen molar-refractivity contribution in [2.75, 3.05) is 5.32 Å². The van der Waals surface area contributed by atoms with Crippen molar-refractivity contribution in [3.63, 3.8) is 0 Å². The van der Waals surface area contributed by atoms with E-state index < -0.39 is 5.41 Å². The van der Waals surface area contributed by atoms with Gasteiger partial charge >= 0.3 is 0 Å². The molecule has 1 aromatic heterocycles. The summed E-state index contributed by atoms with van der Waals surface area (Å²) in [6.07, 6.45) is 0.609. The number of nitrogens with zero attached hydrogens (tertiary/aromatic N) is 3. The summed E-state index contributed by atoms with van der Waals surface area (Å²) in [6.45, 7) is 1.98. The Kier molecular flexibility index (Phi) is 4.02. The summed E-state index contributed by atoms with van der Waals surface area (Å²) >= 11 is 1.30. The molecular formula is C20H16N4OS. The van der Waals surface area contributed by atoms with Crippen LogP contribution in [0.5, 0.6) is 0 Å². The second-order valence-electron chi connectivity index (χ2n) is 6.66. The smallest absolute Gasteiger partial charge is 0.233 e. The molecule has 1 aliphatic rings. The van der Waals surface area contributed by atoms with Gasteiger partial charge in [0.25, 0.3) is 0 Å². The molecule has 0 saturated carbocycles. The minimum atomic E-state index is -0.677. The molecule has 0 bridgehead atoms. The van der Waals surface area contributed by atoms with E-state index in [4.69, 9.17) is 0 Å². The summed E-state index contributed by atoms with van der Waals surface area (Å²) in [5.74, 6) is -0.210. The molecule has 2 atom stereocenters. The Morgan fingerprint density at radius 1 is 1.31 bits per heavy atom. The van der Waals surface area contributed by atoms with E-state index in [1.807, 2.05) is 55.5 Å². The molecular weight excluding hydrogens is 344 g/mol. The number of carbonyl (C=O) groups excluding carboxylic acids is 1. The summed E-state index contributed by atoms with van der Waals surface area (Å²) in [5, 5.41) is 20.4. The topological polar surface area (TPSA) is 78.7 Å². The van der Waals surface area contributed by atoms with Gasteiger partial charge < -0.3 is 5.32 Å². The van der Waals surface area contributed by atoms with Gasteiger partial charge in [0.05, 0.1) is 17.0 Å². The van der Waals surface area contributed by atoms with Crippen LogP contribution in [0.25, 0.3) is 0 Å². The van der Waals surface area contributed by atoms with E-state index in [0.29, 0.717) is 17.1 Å². The number of benzene rings is 2. The highest BCUT2D eigenvalue weighted by Crippen LogP contribution is 2.51. The van der Waals surface area contributed by atoms with Crippen molar-refractivity contribution in [3.8, 4) is 6.07 Å². The molecule has 0 spiro atoms. The van der Waals surface area contributed by atoms with E-state index in [1.165, 1.54) is 11.3 Å². The minimum Gasteiger partial charge on any atom is -0.300 e. The third kappa shape index (κ3) is 2.67. The molecule has 1 heterocycles. The molecule has 1 aliphatic carbocycles. The van der Waals surface area contributed by atoms with E-state index in [0.717, 1.165) is 16.7 Å². The van der Waals surface area contributed by atoms with Crippen LogP contribution in [0.2, 0.25) is 0 Å². The maximum absolute atomic E-state index is 13.2. The van der Waals surface area contributed by atoms with Crippen LogP contribution in [0.3, 0.4) is 0 Å². The van der Waals surface area contributed by atoms with Gasteiger partial charge in [-0.2, -0.15) is 5.26 Å². The molecule has 6 heteroatoms. The number of nitrogens with one attached hydrogen (secondary N) is 1. The Bertz CT molecular complexity index is 994. The minimum absolute atomic E-state index is 0.0854. The Labute approximate surface area is 155 Å². The molecule has 0 saturated heterocycles. The van der Waals surface area contributed by atoms with Crippen LogP contribution in [-0.4, -0.2) is 16.1 Å². The van der Waals surface area contributed by atoms with Gasteiger partial charge in [0.1, 0.15) is 5.51 Å². The average molecular weight is 360 g/mol. The second kappa shape index (κ2) is 6.36. The lowest BCUT2D eigenvalue weighted by molar-refractivity contribution is -0.125. The third-order valence-corrected chi connectivity index (χ3v) is 5.62. The fourth-order valence-corrected chi connectivity index (χ4v) is 4.25. The summed E-state index contributed by atoms with van der Waals surface area (Å²) in [5.41, 5.74) is 4.74. The number of aromatic nitrogens is 2. The average Bonchev–Trinajstić information content (AvgIpc) is 3.27. The van der Waals surface area contributed by atoms with Crippen LogP contribution >= 0.6 is 11.3 Å². The highest BCUT2D eigenvalue weighted by Gasteiger charge is 2.49. The van der Waals surface area contributed by atoms with Gasteiger partial charge in [-0.3, -0.25) is 4.79 Å². The van der Waals surface area contributed by atoms with Crippen molar-refractivity contribution in [1.29, 1.82) is 5.26 Å². The zero-order valence-electron chi connectivity index (χ0n) is 14.1. The fraction of sp³-hybridized carbons (Fsp3) is 0.200. The number of nitriles is 1.